The minimum atomic E-state index is -4.42. The fraction of sp³-hybridized carbons (Fsp3) is 0.464. The third-order valence-electron chi connectivity index (χ3n) is 6.73. The number of benzene rings is 2. The molecule has 0 saturated heterocycles. The molecular weight excluding hydrogens is 494 g/mol. The van der Waals surface area contributed by atoms with E-state index in [0.29, 0.717) is 40.7 Å². The van der Waals surface area contributed by atoms with Crippen molar-refractivity contribution in [2.24, 2.45) is 0 Å². The molecule has 2 aromatic rings. The van der Waals surface area contributed by atoms with E-state index in [2.05, 4.69) is 26.0 Å². The third kappa shape index (κ3) is 6.33. The summed E-state index contributed by atoms with van der Waals surface area (Å²) in [7, 11) is -4.42. The molecule has 0 bridgehead atoms. The first-order valence-electron chi connectivity index (χ1n) is 12.5. The fourth-order valence-electron chi connectivity index (χ4n) is 5.01. The monoisotopic (exact) mass is 531 g/mol. The summed E-state index contributed by atoms with van der Waals surface area (Å²) in [6, 6.07) is 12.7. The number of fused-ring (bicyclic) bond motifs is 1. The summed E-state index contributed by atoms with van der Waals surface area (Å²) in [5, 5.41) is 1.20. The third-order valence-corrected chi connectivity index (χ3v) is 8.26. The van der Waals surface area contributed by atoms with Crippen LogP contribution in [0.1, 0.15) is 64.9 Å². The van der Waals surface area contributed by atoms with Gasteiger partial charge in [0.1, 0.15) is 10.6 Å². The maximum atomic E-state index is 13.4. The highest BCUT2D eigenvalue weighted by Gasteiger charge is 2.27. The molecule has 1 amide bonds. The first kappa shape index (κ1) is 28.3. The second kappa shape index (κ2) is 12.3. The molecule has 0 saturated carbocycles. The van der Waals surface area contributed by atoms with Crippen molar-refractivity contribution >= 4 is 39.1 Å². The van der Waals surface area contributed by atoms with Crippen molar-refractivity contribution in [3.63, 3.8) is 0 Å². The molecular formula is C28H37NO5S2. The lowest BCUT2D eigenvalue weighted by Crippen LogP contribution is -2.46. The smallest absolute Gasteiger partial charge is 0.295 e. The second-order valence-corrected chi connectivity index (χ2v) is 11.6. The molecule has 0 unspecified atom stereocenters. The van der Waals surface area contributed by atoms with Crippen LogP contribution in [0, 0.1) is 0 Å². The highest BCUT2D eigenvalue weighted by Crippen LogP contribution is 2.26. The van der Waals surface area contributed by atoms with Gasteiger partial charge in [0.2, 0.25) is 0 Å². The lowest BCUT2D eigenvalue weighted by molar-refractivity contribution is -0.131. The Balaban J connectivity index is 1.98. The first-order valence-corrected chi connectivity index (χ1v) is 15.3. The van der Waals surface area contributed by atoms with Gasteiger partial charge in [0.05, 0.1) is 0 Å². The van der Waals surface area contributed by atoms with Gasteiger partial charge in [-0.3, -0.25) is 9.35 Å². The van der Waals surface area contributed by atoms with E-state index in [4.69, 9.17) is 4.74 Å². The number of rotatable bonds is 11. The van der Waals surface area contributed by atoms with Gasteiger partial charge in [0.15, 0.2) is 6.61 Å². The molecule has 0 aliphatic heterocycles. The fourth-order valence-corrected chi connectivity index (χ4v) is 6.41. The van der Waals surface area contributed by atoms with Gasteiger partial charge in [0, 0.05) is 27.9 Å². The van der Waals surface area contributed by atoms with Gasteiger partial charge in [-0.15, -0.1) is 0 Å². The average Bonchev–Trinajstić information content (AvgIpc) is 2.84. The second-order valence-electron chi connectivity index (χ2n) is 9.37. The maximum absolute atomic E-state index is 13.4. The van der Waals surface area contributed by atoms with E-state index in [1.807, 2.05) is 38.3 Å². The molecule has 1 aliphatic carbocycles. The molecule has 36 heavy (non-hydrogen) atoms. The van der Waals surface area contributed by atoms with Gasteiger partial charge in [0.25, 0.3) is 16.0 Å². The van der Waals surface area contributed by atoms with Crippen LogP contribution in [0.15, 0.2) is 47.4 Å². The van der Waals surface area contributed by atoms with Crippen molar-refractivity contribution in [3.05, 3.63) is 58.5 Å². The zero-order valence-electron chi connectivity index (χ0n) is 21.8. The van der Waals surface area contributed by atoms with E-state index < -0.39 is 10.1 Å². The molecule has 0 heterocycles. The summed E-state index contributed by atoms with van der Waals surface area (Å²) in [5.74, 6) is 1.61. The molecule has 0 atom stereocenters. The largest absolute Gasteiger partial charge is 0.484 e. The minimum Gasteiger partial charge on any atom is -0.484 e. The lowest BCUT2D eigenvalue weighted by Gasteiger charge is -2.32. The zero-order valence-corrected chi connectivity index (χ0v) is 23.4. The Morgan fingerprint density at radius 3 is 2.31 bits per heavy atom. The van der Waals surface area contributed by atoms with Gasteiger partial charge in [-0.05, 0) is 75.5 Å². The highest BCUT2D eigenvalue weighted by molar-refractivity contribution is 7.99. The van der Waals surface area contributed by atoms with Crippen molar-refractivity contribution < 1.29 is 22.5 Å². The summed E-state index contributed by atoms with van der Waals surface area (Å²) in [6.45, 7) is 8.10. The molecule has 0 fully saturated rings. The molecule has 1 aliphatic rings. The number of thioether (sulfide) groups is 1. The lowest BCUT2D eigenvalue weighted by atomic mass is 9.94. The van der Waals surface area contributed by atoms with Gasteiger partial charge in [-0.1, -0.05) is 43.7 Å². The topological polar surface area (TPSA) is 83.9 Å². The van der Waals surface area contributed by atoms with Crippen LogP contribution in [-0.2, 0) is 14.9 Å². The first-order chi connectivity index (χ1) is 17.1. The van der Waals surface area contributed by atoms with Crippen LogP contribution in [0.2, 0.25) is 0 Å². The Labute approximate surface area is 219 Å². The number of ether oxygens (including phenoxy) is 1. The average molecular weight is 532 g/mol. The predicted octanol–water partition coefficient (Wildman–Crippen LogP) is 4.57. The number of hydrogen-bond acceptors (Lipinski definition) is 5. The number of carbonyl (C=O) groups is 1. The zero-order chi connectivity index (χ0) is 26.5. The van der Waals surface area contributed by atoms with Gasteiger partial charge >= 0.3 is 0 Å². The van der Waals surface area contributed by atoms with Crippen molar-refractivity contribution in [2.75, 3.05) is 18.6 Å². The Hall–Kier alpha value is -2.29. The highest BCUT2D eigenvalue weighted by atomic mass is 32.2. The molecule has 3 rings (SSSR count). The number of hydrogen-bond donors (Lipinski definition) is 1. The Morgan fingerprint density at radius 1 is 1.08 bits per heavy atom. The maximum Gasteiger partial charge on any atom is 0.295 e. The van der Waals surface area contributed by atoms with E-state index in [1.165, 1.54) is 11.6 Å². The quantitative estimate of drug-likeness (QED) is 0.428. The van der Waals surface area contributed by atoms with Crippen LogP contribution in [0.4, 0.5) is 0 Å². The standard InChI is InChI=1S/C28H37NO5S2/c1-6-20(7-2)21-11-14-23(15-12-21)34-17-27(30)29(19(3)4)25-16-13-22(18-35-5)28-24(25)9-8-10-26(28)36(31,32)33/h8-12,14-15,19-20H,6-7,13,16-18H2,1-5H3,(H,31,32,33). The van der Waals surface area contributed by atoms with Crippen LogP contribution in [0.3, 0.4) is 0 Å². The van der Waals surface area contributed by atoms with E-state index >= 15 is 0 Å². The summed E-state index contributed by atoms with van der Waals surface area (Å²) in [5.41, 5.74) is 2.98. The summed E-state index contributed by atoms with van der Waals surface area (Å²) in [4.78, 5) is 15.0. The van der Waals surface area contributed by atoms with Gasteiger partial charge < -0.3 is 9.64 Å². The van der Waals surface area contributed by atoms with Crippen molar-refractivity contribution in [1.29, 1.82) is 0 Å². The summed E-state index contributed by atoms with van der Waals surface area (Å²) < 4.78 is 40.2. The Kier molecular flexibility index (Phi) is 9.66. The normalized spacial score (nSPS) is 13.8. The predicted molar refractivity (Wildman–Crippen MR) is 147 cm³/mol. The number of amides is 1. The van der Waals surface area contributed by atoms with Crippen molar-refractivity contribution in [3.8, 4) is 5.75 Å². The van der Waals surface area contributed by atoms with Gasteiger partial charge in [-0.2, -0.15) is 20.2 Å². The molecule has 0 spiro atoms. The van der Waals surface area contributed by atoms with E-state index in [0.717, 1.165) is 24.1 Å². The molecule has 2 aromatic carbocycles. The van der Waals surface area contributed by atoms with Crippen molar-refractivity contribution in [1.82, 2.24) is 4.90 Å². The Morgan fingerprint density at radius 2 is 1.75 bits per heavy atom. The van der Waals surface area contributed by atoms with E-state index in [1.54, 1.807) is 22.7 Å². The minimum absolute atomic E-state index is 0.105. The molecule has 8 heteroatoms. The van der Waals surface area contributed by atoms with E-state index in [-0.39, 0.29) is 23.5 Å². The molecule has 0 radical (unpaired) electrons. The molecule has 6 nitrogen and oxygen atoms in total. The number of carbonyl (C=O) groups excluding carboxylic acids is 1. The van der Waals surface area contributed by atoms with Gasteiger partial charge in [-0.25, -0.2) is 0 Å². The van der Waals surface area contributed by atoms with Crippen LogP contribution in [0.25, 0.3) is 11.3 Å². The van der Waals surface area contributed by atoms with Crippen LogP contribution in [0.5, 0.6) is 5.75 Å². The Bertz CT molecular complexity index is 1300. The van der Waals surface area contributed by atoms with Crippen LogP contribution >= 0.6 is 11.8 Å². The molecule has 0 aromatic heterocycles. The number of nitrogens with zero attached hydrogens (tertiary/aromatic N) is 1. The van der Waals surface area contributed by atoms with E-state index in [9.17, 15) is 17.8 Å². The molecule has 196 valence electrons. The SMILES string of the molecule is CCC(CC)c1ccc(OCC(=O)N(C2=c3cccc(S(=O)(=O)O)c3=C(CSC)CC2)C(C)C)cc1. The van der Waals surface area contributed by atoms with Crippen molar-refractivity contribution in [2.45, 2.75) is 70.2 Å². The van der Waals surface area contributed by atoms with Crippen LogP contribution in [-0.4, -0.2) is 48.4 Å². The molecule has 1 N–H and O–H groups in total. The summed E-state index contributed by atoms with van der Waals surface area (Å²) >= 11 is 1.60. The summed E-state index contributed by atoms with van der Waals surface area (Å²) in [6.07, 6.45) is 5.33. The van der Waals surface area contributed by atoms with Crippen LogP contribution < -0.4 is 15.2 Å².